The van der Waals surface area contributed by atoms with E-state index in [1.54, 1.807) is 44.2 Å². The number of likely N-dealkylation sites (N-methyl/N-ethyl adjacent to an activating group) is 1. The molecule has 18 nitrogen and oxygen atoms in total. The van der Waals surface area contributed by atoms with E-state index in [-0.39, 0.29) is 37.2 Å². The first kappa shape index (κ1) is 35.8. The number of fused-ring (bicyclic) bond motifs is 1. The molecule has 3 N–H and O–H groups in total. The Balaban J connectivity index is 1.19. The summed E-state index contributed by atoms with van der Waals surface area (Å²) < 4.78 is 46.6. The molecule has 1 saturated carbocycles. The summed E-state index contributed by atoms with van der Waals surface area (Å²) in [6.45, 7) is 2.38. The molecule has 19 heteroatoms. The topological polar surface area (TPSA) is 202 Å². The fraction of sp³-hybridized carbons (Fsp3) is 0.500. The van der Waals surface area contributed by atoms with E-state index >= 15 is 0 Å². The van der Waals surface area contributed by atoms with Gasteiger partial charge in [0, 0.05) is 46.3 Å². The zero-order valence-corrected chi connectivity index (χ0v) is 29.8. The highest BCUT2D eigenvalue weighted by molar-refractivity contribution is 7.92. The molecule has 5 heterocycles. The van der Waals surface area contributed by atoms with Crippen LogP contribution in [-0.4, -0.2) is 119 Å². The number of imidazole rings is 1. The average Bonchev–Trinajstić information content (AvgIpc) is 3.49. The molecule has 0 atom stereocenters. The summed E-state index contributed by atoms with van der Waals surface area (Å²) in [5, 5.41) is 13.3. The number of nitrogens with zero attached hydrogens (tertiary/aromatic N) is 9. The van der Waals surface area contributed by atoms with Crippen LogP contribution in [0.5, 0.6) is 11.6 Å². The Labute approximate surface area is 295 Å². The molecule has 0 unspecified atom stereocenters. The van der Waals surface area contributed by atoms with E-state index in [1.807, 2.05) is 11.5 Å². The van der Waals surface area contributed by atoms with Crippen molar-refractivity contribution in [1.82, 2.24) is 34.4 Å². The number of sulfonamides is 1. The highest BCUT2D eigenvalue weighted by Crippen LogP contribution is 2.34. The number of pyridine rings is 2. The smallest absolute Gasteiger partial charge is 0.259 e. The molecule has 1 amide bonds. The Hall–Kier alpha value is -5.01. The van der Waals surface area contributed by atoms with Crippen LogP contribution in [0.4, 0.5) is 23.4 Å². The summed E-state index contributed by atoms with van der Waals surface area (Å²) in [6.07, 6.45) is 10.2. The van der Waals surface area contributed by atoms with E-state index in [1.165, 1.54) is 21.6 Å². The zero-order chi connectivity index (χ0) is 36.1. The summed E-state index contributed by atoms with van der Waals surface area (Å²) in [4.78, 5) is 37.8. The number of ether oxygens (including phenoxy) is 3. The molecule has 1 aliphatic heterocycles. The van der Waals surface area contributed by atoms with Gasteiger partial charge in [-0.3, -0.25) is 19.3 Å². The van der Waals surface area contributed by atoms with Gasteiger partial charge >= 0.3 is 0 Å². The normalized spacial score (nSPS) is 17.9. The Morgan fingerprint density at radius 3 is 2.41 bits per heavy atom. The largest absolute Gasteiger partial charge is 0.481 e. The number of hydrogen-bond acceptors (Lipinski definition) is 15. The molecule has 0 spiro atoms. The lowest BCUT2D eigenvalue weighted by Crippen LogP contribution is -2.37. The van der Waals surface area contributed by atoms with Crippen molar-refractivity contribution in [2.24, 2.45) is 7.05 Å². The summed E-state index contributed by atoms with van der Waals surface area (Å²) in [5.74, 6) is 2.00. The standard InChI is InChI=1S/C32H43N11O7S/c1-40(2)29(44)20-49-25-17-34-31(35-18-25)37-21-5-7-24(8-6-21)50-30-26-13-22(15-33-27(26)14-28(38-30)42-9-11-48-12-10-42)43(51(4,46)47)19-23-16-36-32(39-45)41(23)3/h13-18,21,24,45H,5-12,19-20H2,1-4H3,(H,36,39)(H,34,35,37)/t21-,24+. The second-order valence-corrected chi connectivity index (χ2v) is 14.6. The number of amides is 1. The van der Waals surface area contributed by atoms with Crippen LogP contribution in [0.25, 0.3) is 10.9 Å². The van der Waals surface area contributed by atoms with Crippen molar-refractivity contribution < 1.29 is 32.6 Å². The number of morpholine rings is 1. The highest BCUT2D eigenvalue weighted by atomic mass is 32.2. The van der Waals surface area contributed by atoms with E-state index < -0.39 is 10.0 Å². The van der Waals surface area contributed by atoms with Gasteiger partial charge in [-0.25, -0.2) is 28.8 Å². The molecule has 1 aliphatic carbocycles. The number of nitrogens with one attached hydrogen (secondary N) is 2. The van der Waals surface area contributed by atoms with Gasteiger partial charge in [-0.15, -0.1) is 0 Å². The van der Waals surface area contributed by atoms with Gasteiger partial charge in [0.1, 0.15) is 11.9 Å². The van der Waals surface area contributed by atoms with E-state index in [0.717, 1.165) is 31.9 Å². The van der Waals surface area contributed by atoms with E-state index in [0.29, 0.717) is 72.0 Å². The molecule has 2 aliphatic rings. The van der Waals surface area contributed by atoms with E-state index in [9.17, 15) is 18.4 Å². The third-order valence-electron chi connectivity index (χ3n) is 8.90. The van der Waals surface area contributed by atoms with Crippen LogP contribution in [0.2, 0.25) is 0 Å². The molecule has 4 aromatic heterocycles. The second-order valence-electron chi connectivity index (χ2n) is 12.7. The Morgan fingerprint density at radius 2 is 1.76 bits per heavy atom. The highest BCUT2D eigenvalue weighted by Gasteiger charge is 2.27. The van der Waals surface area contributed by atoms with Crippen molar-refractivity contribution >= 4 is 50.2 Å². The molecule has 2 fully saturated rings. The van der Waals surface area contributed by atoms with E-state index in [4.69, 9.17) is 24.2 Å². The number of carbonyl (C=O) groups is 1. The van der Waals surface area contributed by atoms with Crippen LogP contribution in [0.3, 0.4) is 0 Å². The molecule has 1 saturated heterocycles. The van der Waals surface area contributed by atoms with Crippen LogP contribution in [0.1, 0.15) is 31.4 Å². The minimum atomic E-state index is -3.76. The number of carbonyl (C=O) groups excluding carboxylic acids is 1. The lowest BCUT2D eigenvalue weighted by atomic mass is 9.93. The summed E-state index contributed by atoms with van der Waals surface area (Å²) >= 11 is 0. The average molecular weight is 726 g/mol. The quantitative estimate of drug-likeness (QED) is 0.169. The van der Waals surface area contributed by atoms with Crippen molar-refractivity contribution in [3.05, 3.63) is 42.6 Å². The van der Waals surface area contributed by atoms with Crippen molar-refractivity contribution in [2.75, 3.05) is 73.3 Å². The van der Waals surface area contributed by atoms with Gasteiger partial charge in [-0.05, 0) is 31.7 Å². The molecular weight excluding hydrogens is 682 g/mol. The molecule has 0 radical (unpaired) electrons. The first-order valence-electron chi connectivity index (χ1n) is 16.6. The van der Waals surface area contributed by atoms with E-state index in [2.05, 4.69) is 25.2 Å². The molecule has 0 bridgehead atoms. The van der Waals surface area contributed by atoms with Crippen molar-refractivity contribution in [2.45, 2.75) is 44.4 Å². The first-order valence-corrected chi connectivity index (χ1v) is 18.4. The maximum absolute atomic E-state index is 13.1. The minimum Gasteiger partial charge on any atom is -0.481 e. The van der Waals surface area contributed by atoms with Gasteiger partial charge in [0.2, 0.25) is 27.8 Å². The molecule has 274 valence electrons. The monoisotopic (exact) mass is 725 g/mol. The first-order chi connectivity index (χ1) is 24.5. The predicted octanol–water partition coefficient (Wildman–Crippen LogP) is 2.03. The number of rotatable bonds is 13. The number of aromatic nitrogens is 6. The molecular formula is C32H43N11O7S. The molecule has 0 aromatic carbocycles. The summed E-state index contributed by atoms with van der Waals surface area (Å²) in [5.41, 5.74) is 3.51. The summed E-state index contributed by atoms with van der Waals surface area (Å²) in [7, 11) is 1.24. The number of anilines is 4. The van der Waals surface area contributed by atoms with Crippen molar-refractivity contribution in [1.29, 1.82) is 0 Å². The van der Waals surface area contributed by atoms with Gasteiger partial charge in [0.05, 0.1) is 73.1 Å². The predicted molar refractivity (Wildman–Crippen MR) is 189 cm³/mol. The van der Waals surface area contributed by atoms with Gasteiger partial charge in [-0.2, -0.15) is 4.98 Å². The summed E-state index contributed by atoms with van der Waals surface area (Å²) in [6, 6.07) is 3.76. The van der Waals surface area contributed by atoms with Crippen LogP contribution >= 0.6 is 0 Å². The van der Waals surface area contributed by atoms with Crippen LogP contribution < -0.4 is 29.5 Å². The Morgan fingerprint density at radius 1 is 1.04 bits per heavy atom. The lowest BCUT2D eigenvalue weighted by molar-refractivity contribution is -0.130. The fourth-order valence-electron chi connectivity index (χ4n) is 5.90. The minimum absolute atomic E-state index is 0.0424. The third-order valence-corrected chi connectivity index (χ3v) is 10.0. The Bertz CT molecular complexity index is 1930. The van der Waals surface area contributed by atoms with Gasteiger partial charge < -0.3 is 33.9 Å². The zero-order valence-electron chi connectivity index (χ0n) is 29.0. The molecule has 51 heavy (non-hydrogen) atoms. The maximum Gasteiger partial charge on any atom is 0.259 e. The maximum atomic E-state index is 13.1. The van der Waals surface area contributed by atoms with Crippen LogP contribution in [0, 0.1) is 0 Å². The van der Waals surface area contributed by atoms with Crippen LogP contribution in [-0.2, 0) is 33.1 Å². The Kier molecular flexibility index (Phi) is 10.9. The fourth-order valence-corrected chi connectivity index (χ4v) is 6.75. The molecule has 4 aromatic rings. The van der Waals surface area contributed by atoms with Gasteiger partial charge in [0.15, 0.2) is 12.4 Å². The van der Waals surface area contributed by atoms with Gasteiger partial charge in [0.25, 0.3) is 5.91 Å². The van der Waals surface area contributed by atoms with Gasteiger partial charge in [-0.1, -0.05) is 0 Å². The number of hydrogen-bond donors (Lipinski definition) is 3. The molecule has 6 rings (SSSR count). The van der Waals surface area contributed by atoms with Crippen LogP contribution in [0.15, 0.2) is 36.9 Å². The third kappa shape index (κ3) is 8.66. The van der Waals surface area contributed by atoms with Crippen molar-refractivity contribution in [3.63, 3.8) is 0 Å². The SMILES string of the molecule is CN(C)C(=O)COc1cnc(N[C@H]2CC[C@@H](Oc3nc(N4CCOCC4)cc4ncc(N(Cc5cnc(NO)n5C)S(C)(=O)=O)cc34)CC2)nc1. The lowest BCUT2D eigenvalue weighted by Gasteiger charge is -2.31. The second kappa shape index (κ2) is 15.5. The van der Waals surface area contributed by atoms with Crippen molar-refractivity contribution in [3.8, 4) is 11.6 Å².